The van der Waals surface area contributed by atoms with Crippen LogP contribution in [0.25, 0.3) is 0 Å². The van der Waals surface area contributed by atoms with E-state index in [9.17, 15) is 18.0 Å². The average Bonchev–Trinajstić information content (AvgIpc) is 2.64. The van der Waals surface area contributed by atoms with Crippen molar-refractivity contribution in [2.45, 2.75) is 57.8 Å². The Labute approximate surface area is 173 Å². The van der Waals surface area contributed by atoms with Gasteiger partial charge in [0.05, 0.1) is 23.6 Å². The summed E-state index contributed by atoms with van der Waals surface area (Å²) < 4.78 is 32.9. The number of carbonyl (C=O) groups is 2. The number of nitrogens with zero attached hydrogens (tertiary/aromatic N) is 2. The van der Waals surface area contributed by atoms with Crippen molar-refractivity contribution in [3.8, 4) is 0 Å². The summed E-state index contributed by atoms with van der Waals surface area (Å²) in [5.41, 5.74) is 0.340. The Hall–Kier alpha value is -1.97. The lowest BCUT2D eigenvalue weighted by molar-refractivity contribution is -0.122. The summed E-state index contributed by atoms with van der Waals surface area (Å²) in [7, 11) is -3.66. The van der Waals surface area contributed by atoms with Crippen molar-refractivity contribution < 1.29 is 22.7 Å². The Morgan fingerprint density at radius 3 is 2.21 bits per heavy atom. The van der Waals surface area contributed by atoms with Gasteiger partial charge in [-0.2, -0.15) is 4.31 Å². The van der Waals surface area contributed by atoms with Crippen LogP contribution in [0.1, 0.15) is 45.0 Å². The van der Waals surface area contributed by atoms with Crippen molar-refractivity contribution in [1.29, 1.82) is 0 Å². The quantitative estimate of drug-likeness (QED) is 0.714. The molecule has 1 aromatic rings. The highest BCUT2D eigenvalue weighted by atomic mass is 32.2. The Bertz CT molecular complexity index is 813. The lowest BCUT2D eigenvalue weighted by atomic mass is 10.2. The van der Waals surface area contributed by atoms with Crippen molar-refractivity contribution >= 4 is 21.8 Å². The van der Waals surface area contributed by atoms with Crippen LogP contribution in [0.15, 0.2) is 29.2 Å². The first-order valence-corrected chi connectivity index (χ1v) is 11.3. The van der Waals surface area contributed by atoms with Gasteiger partial charge in [0.1, 0.15) is 0 Å². The molecule has 1 aromatic carbocycles. The molecular formula is C20H31N3O5S. The molecule has 8 nitrogen and oxygen atoms in total. The highest BCUT2D eigenvalue weighted by Crippen LogP contribution is 2.21. The topological polar surface area (TPSA) is 96.0 Å². The van der Waals surface area contributed by atoms with E-state index in [0.717, 1.165) is 0 Å². The standard InChI is InChI=1S/C20H31N3O5S/c1-6-22(13-19(24)21-14(2)3)20(25)17-7-9-18(10-8-17)29(26,27)23-11-15(4)28-16(5)12-23/h7-10,14-16H,6,11-13H2,1-5H3,(H,21,24)/t15-,16-/m1/s1. The summed E-state index contributed by atoms with van der Waals surface area (Å²) in [6, 6.07) is 5.85. The Kier molecular flexibility index (Phi) is 7.79. The first-order valence-electron chi connectivity index (χ1n) is 9.88. The van der Waals surface area contributed by atoms with Crippen LogP contribution in [0.5, 0.6) is 0 Å². The molecule has 0 spiro atoms. The second kappa shape index (κ2) is 9.69. The van der Waals surface area contributed by atoms with E-state index in [2.05, 4.69) is 5.32 Å². The lowest BCUT2D eigenvalue weighted by Gasteiger charge is -2.34. The van der Waals surface area contributed by atoms with Crippen LogP contribution in [0.3, 0.4) is 0 Å². The molecule has 0 bridgehead atoms. The first kappa shape index (κ1) is 23.3. The third kappa shape index (κ3) is 6.01. The molecule has 29 heavy (non-hydrogen) atoms. The second-order valence-electron chi connectivity index (χ2n) is 7.65. The van der Waals surface area contributed by atoms with Gasteiger partial charge in [-0.15, -0.1) is 0 Å². The Morgan fingerprint density at radius 2 is 1.72 bits per heavy atom. The fraction of sp³-hybridized carbons (Fsp3) is 0.600. The number of rotatable bonds is 7. The van der Waals surface area contributed by atoms with Crippen LogP contribution in [0.2, 0.25) is 0 Å². The Balaban J connectivity index is 2.14. The molecule has 1 fully saturated rings. The minimum Gasteiger partial charge on any atom is -0.373 e. The zero-order chi connectivity index (χ0) is 21.8. The number of morpholine rings is 1. The third-order valence-electron chi connectivity index (χ3n) is 4.58. The number of hydrogen-bond acceptors (Lipinski definition) is 5. The van der Waals surface area contributed by atoms with Crippen LogP contribution < -0.4 is 5.32 Å². The molecule has 162 valence electrons. The zero-order valence-corrected chi connectivity index (χ0v) is 18.5. The van der Waals surface area contributed by atoms with E-state index in [1.807, 2.05) is 27.7 Å². The highest BCUT2D eigenvalue weighted by molar-refractivity contribution is 7.89. The van der Waals surface area contributed by atoms with Gasteiger partial charge >= 0.3 is 0 Å². The summed E-state index contributed by atoms with van der Waals surface area (Å²) in [5.74, 6) is -0.547. The Morgan fingerprint density at radius 1 is 1.17 bits per heavy atom. The van der Waals surface area contributed by atoms with Gasteiger partial charge in [0.2, 0.25) is 15.9 Å². The monoisotopic (exact) mass is 425 g/mol. The summed E-state index contributed by atoms with van der Waals surface area (Å²) in [6.45, 7) is 10.1. The maximum atomic E-state index is 12.9. The van der Waals surface area contributed by atoms with Crippen LogP contribution in [0, 0.1) is 0 Å². The number of hydrogen-bond donors (Lipinski definition) is 1. The average molecular weight is 426 g/mol. The number of ether oxygens (including phenoxy) is 1. The summed E-state index contributed by atoms with van der Waals surface area (Å²) in [4.78, 5) is 26.2. The van der Waals surface area contributed by atoms with Gasteiger partial charge < -0.3 is 15.0 Å². The number of benzene rings is 1. The third-order valence-corrected chi connectivity index (χ3v) is 6.42. The van der Waals surface area contributed by atoms with Crippen LogP contribution in [0.4, 0.5) is 0 Å². The van der Waals surface area contributed by atoms with E-state index in [1.54, 1.807) is 6.92 Å². The maximum Gasteiger partial charge on any atom is 0.254 e. The molecule has 0 aliphatic carbocycles. The highest BCUT2D eigenvalue weighted by Gasteiger charge is 2.32. The number of sulfonamides is 1. The van der Waals surface area contributed by atoms with Gasteiger partial charge in [-0.1, -0.05) is 0 Å². The minimum atomic E-state index is -3.66. The molecule has 0 saturated carbocycles. The molecule has 2 rings (SSSR count). The molecule has 1 aliphatic heterocycles. The van der Waals surface area contributed by atoms with E-state index in [4.69, 9.17) is 4.74 Å². The first-order chi connectivity index (χ1) is 13.5. The van der Waals surface area contributed by atoms with E-state index >= 15 is 0 Å². The molecular weight excluding hydrogens is 394 g/mol. The summed E-state index contributed by atoms with van der Waals surface area (Å²) >= 11 is 0. The number of nitrogens with one attached hydrogen (secondary N) is 1. The number of carbonyl (C=O) groups excluding carboxylic acids is 2. The van der Waals surface area contributed by atoms with Crippen molar-refractivity contribution in [3.63, 3.8) is 0 Å². The largest absolute Gasteiger partial charge is 0.373 e. The predicted octanol–water partition coefficient (Wildman–Crippen LogP) is 1.47. The second-order valence-corrected chi connectivity index (χ2v) is 9.58. The van der Waals surface area contributed by atoms with E-state index in [-0.39, 0.29) is 41.5 Å². The fourth-order valence-corrected chi connectivity index (χ4v) is 4.89. The fourth-order valence-electron chi connectivity index (χ4n) is 3.30. The van der Waals surface area contributed by atoms with E-state index < -0.39 is 10.0 Å². The van der Waals surface area contributed by atoms with E-state index in [1.165, 1.54) is 33.5 Å². The van der Waals surface area contributed by atoms with Gasteiger partial charge in [-0.05, 0) is 58.9 Å². The maximum absolute atomic E-state index is 12.9. The minimum absolute atomic E-state index is 0.00794. The summed E-state index contributed by atoms with van der Waals surface area (Å²) in [5, 5.41) is 2.76. The summed E-state index contributed by atoms with van der Waals surface area (Å²) in [6.07, 6.45) is -0.353. The zero-order valence-electron chi connectivity index (χ0n) is 17.7. The molecule has 9 heteroatoms. The molecule has 1 saturated heterocycles. The molecule has 1 heterocycles. The molecule has 1 N–H and O–H groups in total. The van der Waals surface area contributed by atoms with Crippen LogP contribution >= 0.6 is 0 Å². The molecule has 0 radical (unpaired) electrons. The molecule has 2 amide bonds. The van der Waals surface area contributed by atoms with Gasteiger partial charge in [0.25, 0.3) is 5.91 Å². The van der Waals surface area contributed by atoms with Crippen molar-refractivity contribution in [3.05, 3.63) is 29.8 Å². The normalized spacial score (nSPS) is 20.5. The van der Waals surface area contributed by atoms with Crippen molar-refractivity contribution in [2.75, 3.05) is 26.2 Å². The smallest absolute Gasteiger partial charge is 0.254 e. The lowest BCUT2D eigenvalue weighted by Crippen LogP contribution is -2.48. The van der Waals surface area contributed by atoms with E-state index in [0.29, 0.717) is 25.2 Å². The van der Waals surface area contributed by atoms with Crippen LogP contribution in [-0.2, 0) is 19.6 Å². The molecule has 2 atom stereocenters. The van der Waals surface area contributed by atoms with Gasteiger partial charge in [-0.3, -0.25) is 9.59 Å². The molecule has 0 unspecified atom stereocenters. The SMILES string of the molecule is CCN(CC(=O)NC(C)C)C(=O)c1ccc(S(=O)(=O)N2C[C@@H](C)O[C@H](C)C2)cc1. The van der Waals surface area contributed by atoms with Gasteiger partial charge in [0.15, 0.2) is 0 Å². The van der Waals surface area contributed by atoms with Gasteiger partial charge in [0, 0.05) is 31.2 Å². The number of amides is 2. The van der Waals surface area contributed by atoms with Gasteiger partial charge in [-0.25, -0.2) is 8.42 Å². The molecule has 0 aromatic heterocycles. The van der Waals surface area contributed by atoms with Crippen molar-refractivity contribution in [2.24, 2.45) is 0 Å². The van der Waals surface area contributed by atoms with Crippen LogP contribution in [-0.4, -0.2) is 73.9 Å². The molecule has 1 aliphatic rings. The van der Waals surface area contributed by atoms with Crippen molar-refractivity contribution in [1.82, 2.24) is 14.5 Å². The predicted molar refractivity (Wildman–Crippen MR) is 110 cm³/mol. The number of likely N-dealkylation sites (N-methyl/N-ethyl adjacent to an activating group) is 1.